The number of nitro groups is 1. The maximum Gasteiger partial charge on any atom is 0.269 e. The Morgan fingerprint density at radius 1 is 1.06 bits per heavy atom. The first kappa shape index (κ1) is 22.3. The van der Waals surface area contributed by atoms with Gasteiger partial charge in [0.2, 0.25) is 0 Å². The van der Waals surface area contributed by atoms with E-state index in [0.717, 1.165) is 12.2 Å². The van der Waals surface area contributed by atoms with E-state index in [9.17, 15) is 14.9 Å². The maximum absolute atomic E-state index is 13.4. The predicted octanol–water partition coefficient (Wildman–Crippen LogP) is 5.44. The fraction of sp³-hybridized carbons (Fsp3) is 0.320. The minimum absolute atomic E-state index is 0.00464. The third-order valence-electron chi connectivity index (χ3n) is 5.73. The SMILES string of the molecule is Cc1cccc(Cn2cccc2CN(C(=O)c2ccc([N+](=O)[O-])cc2)[C@H](C)C(C)C)c1. The van der Waals surface area contributed by atoms with E-state index in [1.54, 1.807) is 0 Å². The van der Waals surface area contributed by atoms with Crippen LogP contribution in [0.3, 0.4) is 0 Å². The van der Waals surface area contributed by atoms with Crippen molar-refractivity contribution in [1.82, 2.24) is 9.47 Å². The van der Waals surface area contributed by atoms with Crippen molar-refractivity contribution in [3.63, 3.8) is 0 Å². The Hall–Kier alpha value is -3.41. The number of benzene rings is 2. The minimum atomic E-state index is -0.457. The topological polar surface area (TPSA) is 68.4 Å². The Morgan fingerprint density at radius 2 is 1.77 bits per heavy atom. The van der Waals surface area contributed by atoms with Gasteiger partial charge in [0.05, 0.1) is 11.5 Å². The summed E-state index contributed by atoms with van der Waals surface area (Å²) in [5.41, 5.74) is 3.91. The Balaban J connectivity index is 1.86. The molecule has 0 radical (unpaired) electrons. The molecule has 2 aromatic carbocycles. The van der Waals surface area contributed by atoms with E-state index in [0.29, 0.717) is 12.1 Å². The molecule has 1 heterocycles. The third kappa shape index (κ3) is 5.40. The van der Waals surface area contributed by atoms with Crippen molar-refractivity contribution in [1.29, 1.82) is 0 Å². The first-order chi connectivity index (χ1) is 14.8. The number of aryl methyl sites for hydroxylation is 1. The highest BCUT2D eigenvalue weighted by atomic mass is 16.6. The first-order valence-corrected chi connectivity index (χ1v) is 10.5. The molecule has 6 heteroatoms. The lowest BCUT2D eigenvalue weighted by Crippen LogP contribution is -2.41. The molecule has 31 heavy (non-hydrogen) atoms. The lowest BCUT2D eigenvalue weighted by atomic mass is 10.0. The molecule has 1 atom stereocenters. The average molecular weight is 420 g/mol. The van der Waals surface area contributed by atoms with E-state index >= 15 is 0 Å². The van der Waals surface area contributed by atoms with Crippen molar-refractivity contribution in [2.45, 2.75) is 46.8 Å². The molecule has 0 saturated heterocycles. The van der Waals surface area contributed by atoms with Gasteiger partial charge in [0.15, 0.2) is 0 Å². The van der Waals surface area contributed by atoms with Crippen LogP contribution < -0.4 is 0 Å². The van der Waals surface area contributed by atoms with Gasteiger partial charge in [-0.15, -0.1) is 0 Å². The van der Waals surface area contributed by atoms with Crippen molar-refractivity contribution < 1.29 is 9.72 Å². The van der Waals surface area contributed by atoms with Gasteiger partial charge in [-0.25, -0.2) is 0 Å². The summed E-state index contributed by atoms with van der Waals surface area (Å²) < 4.78 is 2.16. The van der Waals surface area contributed by atoms with E-state index in [4.69, 9.17) is 0 Å². The maximum atomic E-state index is 13.4. The van der Waals surface area contributed by atoms with Crippen LogP contribution in [-0.2, 0) is 13.1 Å². The van der Waals surface area contributed by atoms with Gasteiger partial charge in [0.1, 0.15) is 0 Å². The molecule has 0 spiro atoms. The zero-order valence-electron chi connectivity index (χ0n) is 18.5. The summed E-state index contributed by atoms with van der Waals surface area (Å²) in [6, 6.07) is 18.3. The quantitative estimate of drug-likeness (QED) is 0.361. The van der Waals surface area contributed by atoms with Gasteiger partial charge >= 0.3 is 0 Å². The van der Waals surface area contributed by atoms with Gasteiger partial charge in [0, 0.05) is 42.2 Å². The van der Waals surface area contributed by atoms with Gasteiger partial charge in [0.25, 0.3) is 11.6 Å². The van der Waals surface area contributed by atoms with E-state index in [1.165, 1.54) is 35.4 Å². The molecular weight excluding hydrogens is 390 g/mol. The fourth-order valence-corrected chi connectivity index (χ4v) is 3.58. The Labute approximate surface area is 183 Å². The average Bonchev–Trinajstić information content (AvgIpc) is 3.17. The second-order valence-electron chi connectivity index (χ2n) is 8.34. The van der Waals surface area contributed by atoms with Crippen molar-refractivity contribution in [2.75, 3.05) is 0 Å². The number of non-ortho nitro benzene ring substituents is 1. The van der Waals surface area contributed by atoms with Crippen molar-refractivity contribution in [3.05, 3.63) is 99.4 Å². The second kappa shape index (κ2) is 9.60. The Bertz CT molecular complexity index is 1050. The van der Waals surface area contributed by atoms with Crippen molar-refractivity contribution >= 4 is 11.6 Å². The molecule has 3 aromatic rings. The summed E-state index contributed by atoms with van der Waals surface area (Å²) in [7, 11) is 0. The standard InChI is InChI=1S/C25H29N3O3/c1-18(2)20(4)27(25(29)22-10-12-23(13-11-22)28(30)31)17-24-9-6-14-26(24)16-21-8-5-7-19(3)15-21/h5-15,18,20H,16-17H2,1-4H3/t20-/m1/s1. The molecule has 1 amide bonds. The van der Waals surface area contributed by atoms with Crippen LogP contribution in [0, 0.1) is 23.0 Å². The molecule has 0 aliphatic rings. The molecule has 0 aliphatic heterocycles. The lowest BCUT2D eigenvalue weighted by molar-refractivity contribution is -0.384. The molecular formula is C25H29N3O3. The molecule has 0 aliphatic carbocycles. The summed E-state index contributed by atoms with van der Waals surface area (Å²) in [4.78, 5) is 25.7. The third-order valence-corrected chi connectivity index (χ3v) is 5.73. The molecule has 162 valence electrons. The molecule has 0 bridgehead atoms. The summed E-state index contributed by atoms with van der Waals surface area (Å²) in [5.74, 6) is 0.140. The molecule has 3 rings (SSSR count). The van der Waals surface area contributed by atoms with Crippen LogP contribution in [0.1, 0.15) is 48.0 Å². The van der Waals surface area contributed by atoms with Crippen LogP contribution >= 0.6 is 0 Å². The molecule has 0 N–H and O–H groups in total. The normalized spacial score (nSPS) is 12.0. The van der Waals surface area contributed by atoms with Crippen LogP contribution in [0.2, 0.25) is 0 Å². The molecule has 0 saturated carbocycles. The largest absolute Gasteiger partial charge is 0.345 e. The van der Waals surface area contributed by atoms with Gasteiger partial charge in [-0.1, -0.05) is 43.7 Å². The van der Waals surface area contributed by atoms with Gasteiger partial charge < -0.3 is 9.47 Å². The highest BCUT2D eigenvalue weighted by Crippen LogP contribution is 2.21. The van der Waals surface area contributed by atoms with E-state index in [2.05, 4.69) is 49.6 Å². The lowest BCUT2D eigenvalue weighted by Gasteiger charge is -2.32. The second-order valence-corrected chi connectivity index (χ2v) is 8.34. The number of aromatic nitrogens is 1. The van der Waals surface area contributed by atoms with E-state index in [1.807, 2.05) is 30.2 Å². The molecule has 0 fully saturated rings. The highest BCUT2D eigenvalue weighted by molar-refractivity contribution is 5.94. The Morgan fingerprint density at radius 3 is 2.39 bits per heavy atom. The number of amides is 1. The summed E-state index contributed by atoms with van der Waals surface area (Å²) >= 11 is 0. The van der Waals surface area contributed by atoms with Crippen LogP contribution in [0.5, 0.6) is 0 Å². The molecule has 1 aromatic heterocycles. The summed E-state index contributed by atoms with van der Waals surface area (Å²) in [6.07, 6.45) is 2.03. The number of carbonyl (C=O) groups excluding carboxylic acids is 1. The van der Waals surface area contributed by atoms with Crippen molar-refractivity contribution in [2.24, 2.45) is 5.92 Å². The molecule has 6 nitrogen and oxygen atoms in total. The van der Waals surface area contributed by atoms with Crippen LogP contribution in [0.15, 0.2) is 66.9 Å². The monoisotopic (exact) mass is 419 g/mol. The molecule has 0 unspecified atom stereocenters. The number of nitrogens with zero attached hydrogens (tertiary/aromatic N) is 3. The Kier molecular flexibility index (Phi) is 6.90. The number of rotatable bonds is 8. The first-order valence-electron chi connectivity index (χ1n) is 10.5. The van der Waals surface area contributed by atoms with E-state index < -0.39 is 4.92 Å². The number of carbonyl (C=O) groups is 1. The zero-order valence-corrected chi connectivity index (χ0v) is 18.5. The highest BCUT2D eigenvalue weighted by Gasteiger charge is 2.25. The smallest absolute Gasteiger partial charge is 0.269 e. The van der Waals surface area contributed by atoms with Crippen molar-refractivity contribution in [3.8, 4) is 0 Å². The number of hydrogen-bond acceptors (Lipinski definition) is 3. The van der Waals surface area contributed by atoms with Crippen LogP contribution in [-0.4, -0.2) is 26.3 Å². The van der Waals surface area contributed by atoms with Gasteiger partial charge in [-0.3, -0.25) is 14.9 Å². The van der Waals surface area contributed by atoms with Gasteiger partial charge in [-0.05, 0) is 49.6 Å². The predicted molar refractivity (Wildman–Crippen MR) is 122 cm³/mol. The summed E-state index contributed by atoms with van der Waals surface area (Å²) in [6.45, 7) is 9.50. The fourth-order valence-electron chi connectivity index (χ4n) is 3.58. The van der Waals surface area contributed by atoms with Gasteiger partial charge in [-0.2, -0.15) is 0 Å². The zero-order chi connectivity index (χ0) is 22.5. The number of nitro benzene ring substituents is 1. The van der Waals surface area contributed by atoms with E-state index in [-0.39, 0.29) is 23.6 Å². The summed E-state index contributed by atoms with van der Waals surface area (Å²) in [5, 5.41) is 10.9. The number of hydrogen-bond donors (Lipinski definition) is 0. The van der Waals surface area contributed by atoms with Crippen LogP contribution in [0.4, 0.5) is 5.69 Å². The minimum Gasteiger partial charge on any atom is -0.345 e. The van der Waals surface area contributed by atoms with Crippen LogP contribution in [0.25, 0.3) is 0 Å².